The molecule has 1 aromatic carbocycles. The first-order valence-electron chi connectivity index (χ1n) is 7.48. The maximum absolute atomic E-state index is 12.4. The van der Waals surface area contributed by atoms with E-state index in [9.17, 15) is 9.59 Å². The van der Waals surface area contributed by atoms with Gasteiger partial charge in [-0.05, 0) is 18.1 Å². The molecule has 0 aliphatic heterocycles. The summed E-state index contributed by atoms with van der Waals surface area (Å²) in [5.41, 5.74) is 3.11. The third-order valence-corrected chi connectivity index (χ3v) is 3.83. The lowest BCUT2D eigenvalue weighted by molar-refractivity contribution is -0.137. The summed E-state index contributed by atoms with van der Waals surface area (Å²) < 4.78 is 2.93. The van der Waals surface area contributed by atoms with E-state index >= 15 is 0 Å². The van der Waals surface area contributed by atoms with Crippen molar-refractivity contribution in [2.24, 2.45) is 0 Å². The minimum absolute atomic E-state index is 0.0877. The highest BCUT2D eigenvalue weighted by Crippen LogP contribution is 2.19. The summed E-state index contributed by atoms with van der Waals surface area (Å²) in [7, 11) is 0. The number of nitrogens with zero attached hydrogens (tertiary/aromatic N) is 3. The van der Waals surface area contributed by atoms with E-state index in [1.807, 2.05) is 24.3 Å². The molecule has 2 aromatic heterocycles. The highest BCUT2D eigenvalue weighted by Gasteiger charge is 2.10. The van der Waals surface area contributed by atoms with E-state index in [0.717, 1.165) is 17.7 Å². The van der Waals surface area contributed by atoms with E-state index < -0.39 is 5.97 Å². The second-order valence-electron chi connectivity index (χ2n) is 5.35. The maximum Gasteiger partial charge on any atom is 0.305 e. The summed E-state index contributed by atoms with van der Waals surface area (Å²) >= 11 is 0. The lowest BCUT2D eigenvalue weighted by Gasteiger charge is -2.03. The minimum Gasteiger partial charge on any atom is -0.481 e. The minimum atomic E-state index is -0.929. The van der Waals surface area contributed by atoms with E-state index in [1.165, 1.54) is 14.6 Å². The number of carboxylic acid groups (broad SMARTS) is 1. The van der Waals surface area contributed by atoms with Crippen molar-refractivity contribution in [2.75, 3.05) is 0 Å². The predicted octanol–water partition coefficient (Wildman–Crippen LogP) is 2.20. The highest BCUT2D eigenvalue weighted by molar-refractivity contribution is 5.67. The number of carboxylic acids is 1. The average molecular weight is 311 g/mol. The maximum atomic E-state index is 12.4. The molecule has 2 heterocycles. The van der Waals surface area contributed by atoms with Gasteiger partial charge in [0, 0.05) is 24.5 Å². The molecule has 6 nitrogen and oxygen atoms in total. The molecule has 0 spiro atoms. The molecule has 0 amide bonds. The number of aliphatic carboxylic acids is 1. The van der Waals surface area contributed by atoms with Crippen molar-refractivity contribution in [3.63, 3.8) is 0 Å². The molecule has 0 radical (unpaired) electrons. The monoisotopic (exact) mass is 311 g/mol. The summed E-state index contributed by atoms with van der Waals surface area (Å²) in [6, 6.07) is 9.81. The van der Waals surface area contributed by atoms with Gasteiger partial charge in [0.2, 0.25) is 0 Å². The number of benzene rings is 1. The molecule has 0 fully saturated rings. The fourth-order valence-corrected chi connectivity index (χ4v) is 2.47. The third-order valence-electron chi connectivity index (χ3n) is 3.83. The van der Waals surface area contributed by atoms with Gasteiger partial charge >= 0.3 is 5.97 Å². The number of carbonyl (C=O) groups is 1. The zero-order valence-corrected chi connectivity index (χ0v) is 12.8. The topological polar surface area (TPSA) is 76.6 Å². The summed E-state index contributed by atoms with van der Waals surface area (Å²) in [5, 5.41) is 13.2. The van der Waals surface area contributed by atoms with Crippen molar-refractivity contribution >= 4 is 11.5 Å². The van der Waals surface area contributed by atoms with Gasteiger partial charge in [0.25, 0.3) is 5.56 Å². The van der Waals surface area contributed by atoms with E-state index in [4.69, 9.17) is 5.11 Å². The third kappa shape index (κ3) is 3.01. The Hall–Kier alpha value is -2.89. The van der Waals surface area contributed by atoms with Crippen LogP contribution in [-0.4, -0.2) is 25.3 Å². The number of aryl methyl sites for hydroxylation is 2. The SMILES string of the molecule is CCc1ccc(-c2cc3c(=O)n(CCC(=O)O)ccn3n2)cc1. The van der Waals surface area contributed by atoms with E-state index in [2.05, 4.69) is 12.0 Å². The standard InChI is InChI=1S/C17H17N3O3/c1-2-12-3-5-13(6-4-12)14-11-15-17(23)19(8-7-16(21)22)9-10-20(15)18-14/h3-6,9-11H,2,7-8H2,1H3,(H,21,22). The van der Waals surface area contributed by atoms with Crippen molar-refractivity contribution in [1.82, 2.24) is 14.2 Å². The largest absolute Gasteiger partial charge is 0.481 e. The first-order valence-corrected chi connectivity index (χ1v) is 7.48. The quantitative estimate of drug-likeness (QED) is 0.783. The van der Waals surface area contributed by atoms with Crippen LogP contribution in [0.15, 0.2) is 47.5 Å². The molecule has 0 saturated heterocycles. The summed E-state index contributed by atoms with van der Waals surface area (Å²) in [5.74, 6) is -0.929. The number of rotatable bonds is 5. The van der Waals surface area contributed by atoms with Gasteiger partial charge in [-0.1, -0.05) is 31.2 Å². The van der Waals surface area contributed by atoms with Crippen LogP contribution in [0.2, 0.25) is 0 Å². The van der Waals surface area contributed by atoms with Crippen LogP contribution in [0.4, 0.5) is 0 Å². The average Bonchev–Trinajstić information content (AvgIpc) is 2.99. The summed E-state index contributed by atoms with van der Waals surface area (Å²) in [6.07, 6.45) is 4.12. The molecule has 6 heteroatoms. The number of fused-ring (bicyclic) bond motifs is 1. The number of aromatic nitrogens is 3. The van der Waals surface area contributed by atoms with Crippen LogP contribution in [0, 0.1) is 0 Å². The molecular formula is C17H17N3O3. The number of hydrogen-bond donors (Lipinski definition) is 1. The molecule has 1 N–H and O–H groups in total. The van der Waals surface area contributed by atoms with Crippen molar-refractivity contribution in [3.8, 4) is 11.3 Å². The van der Waals surface area contributed by atoms with Crippen LogP contribution >= 0.6 is 0 Å². The smallest absolute Gasteiger partial charge is 0.305 e. The Kier molecular flexibility index (Phi) is 3.97. The molecule has 3 rings (SSSR count). The van der Waals surface area contributed by atoms with Gasteiger partial charge in [-0.15, -0.1) is 0 Å². The Morgan fingerprint density at radius 3 is 2.61 bits per heavy atom. The Morgan fingerprint density at radius 1 is 1.22 bits per heavy atom. The molecule has 0 bridgehead atoms. The van der Waals surface area contributed by atoms with E-state index in [-0.39, 0.29) is 18.5 Å². The summed E-state index contributed by atoms with van der Waals surface area (Å²) in [4.78, 5) is 23.1. The zero-order valence-electron chi connectivity index (χ0n) is 12.8. The Labute approximate surface area is 132 Å². The highest BCUT2D eigenvalue weighted by atomic mass is 16.4. The molecule has 118 valence electrons. The second-order valence-corrected chi connectivity index (χ2v) is 5.35. The summed E-state index contributed by atoms with van der Waals surface area (Å²) in [6.45, 7) is 2.25. The van der Waals surface area contributed by atoms with Crippen molar-refractivity contribution in [3.05, 3.63) is 58.6 Å². The van der Waals surface area contributed by atoms with E-state index in [0.29, 0.717) is 5.52 Å². The van der Waals surface area contributed by atoms with Gasteiger partial charge in [0.1, 0.15) is 5.52 Å². The Balaban J connectivity index is 1.99. The van der Waals surface area contributed by atoms with Gasteiger partial charge in [-0.25, -0.2) is 4.52 Å². The van der Waals surface area contributed by atoms with Gasteiger partial charge < -0.3 is 9.67 Å². The molecule has 0 saturated carbocycles. The molecular weight excluding hydrogens is 294 g/mol. The van der Waals surface area contributed by atoms with Crippen LogP contribution in [0.5, 0.6) is 0 Å². The Bertz CT molecular complexity index is 907. The van der Waals surface area contributed by atoms with Crippen molar-refractivity contribution in [1.29, 1.82) is 0 Å². The first-order chi connectivity index (χ1) is 11.1. The molecule has 0 aliphatic rings. The van der Waals surface area contributed by atoms with Crippen molar-refractivity contribution < 1.29 is 9.90 Å². The zero-order chi connectivity index (χ0) is 16.4. The number of hydrogen-bond acceptors (Lipinski definition) is 3. The van der Waals surface area contributed by atoms with Gasteiger partial charge in [-0.2, -0.15) is 5.10 Å². The normalized spacial score (nSPS) is 11.0. The van der Waals surface area contributed by atoms with E-state index in [1.54, 1.807) is 18.5 Å². The van der Waals surface area contributed by atoms with Gasteiger partial charge in [0.15, 0.2) is 0 Å². The van der Waals surface area contributed by atoms with Crippen LogP contribution < -0.4 is 5.56 Å². The lowest BCUT2D eigenvalue weighted by Crippen LogP contribution is -2.22. The van der Waals surface area contributed by atoms with Gasteiger partial charge in [-0.3, -0.25) is 9.59 Å². The van der Waals surface area contributed by atoms with Crippen molar-refractivity contribution in [2.45, 2.75) is 26.3 Å². The molecule has 0 aliphatic carbocycles. The van der Waals surface area contributed by atoms with Crippen LogP contribution in [-0.2, 0) is 17.8 Å². The van der Waals surface area contributed by atoms with Gasteiger partial charge in [0.05, 0.1) is 12.1 Å². The fraction of sp³-hybridized carbons (Fsp3) is 0.235. The molecule has 3 aromatic rings. The van der Waals surface area contributed by atoms with Crippen LogP contribution in [0.25, 0.3) is 16.8 Å². The predicted molar refractivity (Wildman–Crippen MR) is 86.5 cm³/mol. The lowest BCUT2D eigenvalue weighted by atomic mass is 10.1. The molecule has 0 atom stereocenters. The fourth-order valence-electron chi connectivity index (χ4n) is 2.47. The molecule has 23 heavy (non-hydrogen) atoms. The Morgan fingerprint density at radius 2 is 1.96 bits per heavy atom. The first kappa shape index (κ1) is 15.0. The van der Waals surface area contributed by atoms with Crippen LogP contribution in [0.3, 0.4) is 0 Å². The second kappa shape index (κ2) is 6.08. The molecule has 0 unspecified atom stereocenters. The van der Waals surface area contributed by atoms with Crippen LogP contribution in [0.1, 0.15) is 18.9 Å².